The molecule has 0 aliphatic carbocycles. The summed E-state index contributed by atoms with van der Waals surface area (Å²) in [6, 6.07) is -1.16. The van der Waals surface area contributed by atoms with Crippen LogP contribution in [0, 0.1) is 5.92 Å². The van der Waals surface area contributed by atoms with Crippen molar-refractivity contribution in [1.29, 1.82) is 0 Å². The third kappa shape index (κ3) is 3.75. The molecule has 1 unspecified atom stereocenters. The number of aromatic carboxylic acids is 1. The van der Waals surface area contributed by atoms with E-state index in [0.29, 0.717) is 0 Å². The first-order valence-electron chi connectivity index (χ1n) is 6.41. The summed E-state index contributed by atoms with van der Waals surface area (Å²) in [6.45, 7) is 0. The number of aromatic nitrogens is 1. The van der Waals surface area contributed by atoms with Crippen LogP contribution in [-0.2, 0) is 6.42 Å². The standard InChI is InChI=1S/C12H14F3N3O4/c13-12(14,15)6-3-9(16)17-7(6)1-5(19)2-10-18-8(4-22-10)11(20)21/h4-7,19H,1-3H2,(H2,16,17)(H,20,21)/t5?,6-,7-/m1/s1. The molecule has 0 amide bonds. The van der Waals surface area contributed by atoms with Gasteiger partial charge in [-0.3, -0.25) is 4.99 Å². The van der Waals surface area contributed by atoms with Crippen molar-refractivity contribution in [1.82, 2.24) is 4.98 Å². The van der Waals surface area contributed by atoms with Crippen LogP contribution >= 0.6 is 0 Å². The van der Waals surface area contributed by atoms with Crippen molar-refractivity contribution in [2.45, 2.75) is 37.6 Å². The fourth-order valence-electron chi connectivity index (χ4n) is 2.33. The minimum absolute atomic E-state index is 0.0663. The van der Waals surface area contributed by atoms with Crippen LogP contribution in [0.25, 0.3) is 0 Å². The van der Waals surface area contributed by atoms with Crippen molar-refractivity contribution in [3.63, 3.8) is 0 Å². The topological polar surface area (TPSA) is 122 Å². The van der Waals surface area contributed by atoms with E-state index in [-0.39, 0.29) is 36.7 Å². The lowest BCUT2D eigenvalue weighted by molar-refractivity contribution is -0.177. The summed E-state index contributed by atoms with van der Waals surface area (Å²) in [7, 11) is 0. The van der Waals surface area contributed by atoms with Crippen LogP contribution in [0.1, 0.15) is 29.2 Å². The Bertz CT molecular complexity index is 584. The molecule has 0 saturated heterocycles. The number of rotatable bonds is 5. The number of hydrogen-bond donors (Lipinski definition) is 3. The number of carboxylic acid groups (broad SMARTS) is 1. The number of halogens is 3. The van der Waals surface area contributed by atoms with E-state index in [1.807, 2.05) is 0 Å². The number of oxazole rings is 1. The predicted octanol–water partition coefficient (Wildman–Crippen LogP) is 0.974. The number of carboxylic acids is 1. The fourth-order valence-corrected chi connectivity index (χ4v) is 2.33. The Balaban J connectivity index is 1.98. The molecule has 0 radical (unpaired) electrons. The number of carbonyl (C=O) groups is 1. The molecular weight excluding hydrogens is 307 g/mol. The maximum absolute atomic E-state index is 12.8. The first-order chi connectivity index (χ1) is 10.2. The molecule has 10 heteroatoms. The smallest absolute Gasteiger partial charge is 0.394 e. The number of aliphatic hydroxyl groups is 1. The van der Waals surface area contributed by atoms with Gasteiger partial charge in [-0.25, -0.2) is 9.78 Å². The molecule has 0 spiro atoms. The molecule has 2 heterocycles. The number of amidine groups is 1. The molecule has 0 aromatic carbocycles. The first kappa shape index (κ1) is 16.3. The third-order valence-electron chi connectivity index (χ3n) is 3.34. The molecule has 1 aromatic rings. The molecule has 122 valence electrons. The van der Waals surface area contributed by atoms with Gasteiger partial charge in [0.05, 0.1) is 30.3 Å². The Morgan fingerprint density at radius 1 is 1.55 bits per heavy atom. The van der Waals surface area contributed by atoms with E-state index in [0.717, 1.165) is 6.26 Å². The highest BCUT2D eigenvalue weighted by atomic mass is 19.4. The van der Waals surface area contributed by atoms with Gasteiger partial charge in [0.25, 0.3) is 0 Å². The van der Waals surface area contributed by atoms with Crippen molar-refractivity contribution >= 4 is 11.8 Å². The molecule has 1 aromatic heterocycles. The Hall–Kier alpha value is -2.10. The van der Waals surface area contributed by atoms with Crippen LogP contribution in [-0.4, -0.2) is 45.3 Å². The van der Waals surface area contributed by atoms with Crippen LogP contribution in [0.4, 0.5) is 13.2 Å². The number of alkyl halides is 3. The van der Waals surface area contributed by atoms with E-state index in [1.54, 1.807) is 0 Å². The van der Waals surface area contributed by atoms with Gasteiger partial charge in [0.15, 0.2) is 11.6 Å². The van der Waals surface area contributed by atoms with Gasteiger partial charge >= 0.3 is 12.1 Å². The van der Waals surface area contributed by atoms with Crippen LogP contribution in [0.15, 0.2) is 15.7 Å². The lowest BCUT2D eigenvalue weighted by Gasteiger charge is -2.22. The summed E-state index contributed by atoms with van der Waals surface area (Å²) in [5.41, 5.74) is 5.01. The summed E-state index contributed by atoms with van der Waals surface area (Å²) >= 11 is 0. The molecular formula is C12H14F3N3O4. The van der Waals surface area contributed by atoms with Crippen LogP contribution in [0.5, 0.6) is 0 Å². The van der Waals surface area contributed by atoms with Gasteiger partial charge < -0.3 is 20.4 Å². The Morgan fingerprint density at radius 2 is 2.23 bits per heavy atom. The summed E-state index contributed by atoms with van der Waals surface area (Å²) in [4.78, 5) is 17.9. The van der Waals surface area contributed by atoms with Crippen molar-refractivity contribution in [2.24, 2.45) is 16.6 Å². The fraction of sp³-hybridized carbons (Fsp3) is 0.583. The lowest BCUT2D eigenvalue weighted by atomic mass is 9.93. The molecule has 22 heavy (non-hydrogen) atoms. The molecule has 7 nitrogen and oxygen atoms in total. The van der Waals surface area contributed by atoms with Gasteiger partial charge in [-0.05, 0) is 6.42 Å². The quantitative estimate of drug-likeness (QED) is 0.743. The highest BCUT2D eigenvalue weighted by Gasteiger charge is 2.48. The number of nitrogens with zero attached hydrogens (tertiary/aromatic N) is 2. The predicted molar refractivity (Wildman–Crippen MR) is 67.4 cm³/mol. The number of nitrogens with two attached hydrogens (primary N) is 1. The number of hydrogen-bond acceptors (Lipinski definition) is 6. The zero-order valence-corrected chi connectivity index (χ0v) is 11.2. The zero-order chi connectivity index (χ0) is 16.5. The second kappa shape index (κ2) is 5.95. The van der Waals surface area contributed by atoms with Crippen molar-refractivity contribution in [3.05, 3.63) is 17.8 Å². The van der Waals surface area contributed by atoms with Gasteiger partial charge in [-0.1, -0.05) is 0 Å². The SMILES string of the molecule is NC1=N[C@H](CC(O)Cc2nc(C(=O)O)co2)[C@H](C(F)(F)F)C1. The van der Waals surface area contributed by atoms with Gasteiger partial charge in [-0.2, -0.15) is 13.2 Å². The van der Waals surface area contributed by atoms with Crippen molar-refractivity contribution in [2.75, 3.05) is 0 Å². The molecule has 1 aliphatic rings. The van der Waals surface area contributed by atoms with Crippen LogP contribution in [0.3, 0.4) is 0 Å². The summed E-state index contributed by atoms with van der Waals surface area (Å²) in [5, 5.41) is 18.5. The highest BCUT2D eigenvalue weighted by Crippen LogP contribution is 2.38. The Kier molecular flexibility index (Phi) is 4.40. The van der Waals surface area contributed by atoms with E-state index in [4.69, 9.17) is 15.3 Å². The van der Waals surface area contributed by atoms with Crippen molar-refractivity contribution in [3.8, 4) is 0 Å². The normalized spacial score (nSPS) is 23.4. The summed E-state index contributed by atoms with van der Waals surface area (Å²) in [5.74, 6) is -3.18. The van der Waals surface area contributed by atoms with Gasteiger partial charge in [0.1, 0.15) is 6.26 Å². The third-order valence-corrected chi connectivity index (χ3v) is 3.34. The summed E-state index contributed by atoms with van der Waals surface area (Å²) in [6.07, 6.45) is -5.62. The van der Waals surface area contributed by atoms with E-state index < -0.39 is 30.2 Å². The minimum atomic E-state index is -4.45. The van der Waals surface area contributed by atoms with Gasteiger partial charge in [0, 0.05) is 6.42 Å². The molecule has 1 aliphatic heterocycles. The Labute approximate surface area is 122 Å². The molecule has 0 fully saturated rings. The maximum Gasteiger partial charge on any atom is 0.394 e. The van der Waals surface area contributed by atoms with Crippen LogP contribution in [0.2, 0.25) is 0 Å². The van der Waals surface area contributed by atoms with Crippen molar-refractivity contribution < 1.29 is 32.6 Å². The van der Waals surface area contributed by atoms with E-state index in [2.05, 4.69) is 9.98 Å². The largest absolute Gasteiger partial charge is 0.476 e. The average Bonchev–Trinajstić information content (AvgIpc) is 2.95. The zero-order valence-electron chi connectivity index (χ0n) is 11.2. The molecule has 0 bridgehead atoms. The molecule has 0 saturated carbocycles. The maximum atomic E-state index is 12.8. The van der Waals surface area contributed by atoms with E-state index in [9.17, 15) is 23.1 Å². The average molecular weight is 321 g/mol. The van der Waals surface area contributed by atoms with Gasteiger partial charge in [0.2, 0.25) is 0 Å². The second-order valence-electron chi connectivity index (χ2n) is 5.07. The second-order valence-corrected chi connectivity index (χ2v) is 5.07. The van der Waals surface area contributed by atoms with Gasteiger partial charge in [-0.15, -0.1) is 0 Å². The lowest BCUT2D eigenvalue weighted by Crippen LogP contribution is -2.33. The minimum Gasteiger partial charge on any atom is -0.476 e. The summed E-state index contributed by atoms with van der Waals surface area (Å²) < 4.78 is 43.4. The Morgan fingerprint density at radius 3 is 2.77 bits per heavy atom. The highest BCUT2D eigenvalue weighted by molar-refractivity contribution is 5.84. The first-order valence-corrected chi connectivity index (χ1v) is 6.41. The van der Waals surface area contributed by atoms with Crippen LogP contribution < -0.4 is 5.73 Å². The molecule has 4 N–H and O–H groups in total. The number of aliphatic imine (C=N–C) groups is 1. The monoisotopic (exact) mass is 321 g/mol. The number of aliphatic hydroxyl groups excluding tert-OH is 1. The molecule has 3 atom stereocenters. The van der Waals surface area contributed by atoms with E-state index in [1.165, 1.54) is 0 Å². The molecule has 2 rings (SSSR count). The van der Waals surface area contributed by atoms with E-state index >= 15 is 0 Å².